The molecule has 0 bridgehead atoms. The monoisotopic (exact) mass is 284 g/mol. The molecular formula is C17H32O3. The van der Waals surface area contributed by atoms with Crippen molar-refractivity contribution in [3.63, 3.8) is 0 Å². The molecule has 1 atom stereocenters. The molecule has 0 aliphatic carbocycles. The van der Waals surface area contributed by atoms with Crippen LogP contribution in [0, 0.1) is 0 Å². The SMILES string of the molecule is CCCCCCCCCCCCCC(O)C=CC(=O)O. The van der Waals surface area contributed by atoms with Crippen molar-refractivity contribution < 1.29 is 15.0 Å². The highest BCUT2D eigenvalue weighted by Crippen LogP contribution is 2.12. The molecule has 0 aliphatic heterocycles. The van der Waals surface area contributed by atoms with E-state index in [1.165, 1.54) is 63.9 Å². The van der Waals surface area contributed by atoms with Crippen LogP contribution in [0.25, 0.3) is 0 Å². The fraction of sp³-hybridized carbons (Fsp3) is 0.824. The van der Waals surface area contributed by atoms with E-state index in [2.05, 4.69) is 6.92 Å². The maximum absolute atomic E-state index is 10.3. The topological polar surface area (TPSA) is 57.5 Å². The fourth-order valence-electron chi connectivity index (χ4n) is 2.31. The molecule has 0 saturated carbocycles. The molecule has 3 heteroatoms. The first-order valence-corrected chi connectivity index (χ1v) is 8.26. The summed E-state index contributed by atoms with van der Waals surface area (Å²) in [6.07, 6.45) is 16.6. The Labute approximate surface area is 124 Å². The van der Waals surface area contributed by atoms with Crippen LogP contribution in [0.1, 0.15) is 84.0 Å². The van der Waals surface area contributed by atoms with E-state index in [-0.39, 0.29) is 0 Å². The highest BCUT2D eigenvalue weighted by Gasteiger charge is 2.00. The van der Waals surface area contributed by atoms with Gasteiger partial charge in [-0.2, -0.15) is 0 Å². The fourth-order valence-corrected chi connectivity index (χ4v) is 2.31. The number of carboxylic acids is 1. The Hall–Kier alpha value is -0.830. The Morgan fingerprint density at radius 1 is 0.900 bits per heavy atom. The van der Waals surface area contributed by atoms with Gasteiger partial charge in [-0.05, 0) is 12.5 Å². The van der Waals surface area contributed by atoms with Crippen molar-refractivity contribution in [2.45, 2.75) is 90.1 Å². The van der Waals surface area contributed by atoms with Gasteiger partial charge in [0.25, 0.3) is 0 Å². The minimum atomic E-state index is -0.997. The summed E-state index contributed by atoms with van der Waals surface area (Å²) in [5, 5.41) is 17.9. The van der Waals surface area contributed by atoms with Crippen molar-refractivity contribution in [1.29, 1.82) is 0 Å². The molecule has 0 spiro atoms. The standard InChI is InChI=1S/C17H32O3/c1-2-3-4-5-6-7-8-9-10-11-12-13-16(18)14-15-17(19)20/h14-16,18H,2-13H2,1H3,(H,19,20). The third-order valence-corrected chi connectivity index (χ3v) is 3.56. The molecular weight excluding hydrogens is 252 g/mol. The Morgan fingerprint density at radius 2 is 1.35 bits per heavy atom. The highest BCUT2D eigenvalue weighted by atomic mass is 16.4. The number of hydrogen-bond donors (Lipinski definition) is 2. The lowest BCUT2D eigenvalue weighted by molar-refractivity contribution is -0.131. The molecule has 0 amide bonds. The third kappa shape index (κ3) is 15.2. The number of rotatable bonds is 14. The molecule has 3 nitrogen and oxygen atoms in total. The van der Waals surface area contributed by atoms with Gasteiger partial charge < -0.3 is 10.2 Å². The van der Waals surface area contributed by atoms with E-state index in [1.807, 2.05) is 0 Å². The molecule has 0 aliphatic rings. The molecule has 2 N–H and O–H groups in total. The van der Waals surface area contributed by atoms with Gasteiger partial charge in [0.1, 0.15) is 0 Å². The lowest BCUT2D eigenvalue weighted by Gasteiger charge is -2.05. The Balaban J connectivity index is 3.18. The number of carbonyl (C=O) groups is 1. The Bertz CT molecular complexity index is 249. The second-order valence-electron chi connectivity index (χ2n) is 5.59. The Kier molecular flexibility index (Phi) is 14.0. The van der Waals surface area contributed by atoms with Gasteiger partial charge in [0.05, 0.1) is 6.10 Å². The van der Waals surface area contributed by atoms with Gasteiger partial charge in [0, 0.05) is 6.08 Å². The van der Waals surface area contributed by atoms with Gasteiger partial charge in [0.2, 0.25) is 0 Å². The number of aliphatic hydroxyl groups excluding tert-OH is 1. The summed E-state index contributed by atoms with van der Waals surface area (Å²) in [6.45, 7) is 2.24. The molecule has 1 unspecified atom stereocenters. The average Bonchev–Trinajstić information content (AvgIpc) is 2.42. The molecule has 118 valence electrons. The third-order valence-electron chi connectivity index (χ3n) is 3.56. The summed E-state index contributed by atoms with van der Waals surface area (Å²) in [4.78, 5) is 10.3. The predicted molar refractivity (Wildman–Crippen MR) is 83.9 cm³/mol. The van der Waals surface area contributed by atoms with Crippen LogP contribution in [-0.4, -0.2) is 22.3 Å². The summed E-state index contributed by atoms with van der Waals surface area (Å²) in [7, 11) is 0. The maximum atomic E-state index is 10.3. The van der Waals surface area contributed by atoms with Gasteiger partial charge in [-0.15, -0.1) is 0 Å². The van der Waals surface area contributed by atoms with Crippen molar-refractivity contribution in [3.8, 4) is 0 Å². The second kappa shape index (κ2) is 14.6. The van der Waals surface area contributed by atoms with E-state index >= 15 is 0 Å². The molecule has 0 saturated heterocycles. The van der Waals surface area contributed by atoms with Crippen LogP contribution in [0.4, 0.5) is 0 Å². The zero-order valence-corrected chi connectivity index (χ0v) is 13.0. The van der Waals surface area contributed by atoms with E-state index in [1.54, 1.807) is 0 Å². The zero-order valence-electron chi connectivity index (χ0n) is 13.0. The number of aliphatic carboxylic acids is 1. The van der Waals surface area contributed by atoms with Crippen molar-refractivity contribution in [2.75, 3.05) is 0 Å². The first kappa shape index (κ1) is 19.2. The van der Waals surface area contributed by atoms with E-state index in [4.69, 9.17) is 5.11 Å². The quantitative estimate of drug-likeness (QED) is 0.359. The minimum absolute atomic E-state index is 0.607. The zero-order chi connectivity index (χ0) is 15.1. The molecule has 0 aromatic carbocycles. The summed E-state index contributed by atoms with van der Waals surface area (Å²) in [5.74, 6) is -0.997. The average molecular weight is 284 g/mol. The van der Waals surface area contributed by atoms with Crippen LogP contribution in [0.2, 0.25) is 0 Å². The lowest BCUT2D eigenvalue weighted by Crippen LogP contribution is -2.03. The van der Waals surface area contributed by atoms with E-state index in [0.717, 1.165) is 18.9 Å². The Morgan fingerprint density at radius 3 is 1.80 bits per heavy atom. The van der Waals surface area contributed by atoms with E-state index in [9.17, 15) is 9.90 Å². The lowest BCUT2D eigenvalue weighted by atomic mass is 10.0. The largest absolute Gasteiger partial charge is 0.478 e. The predicted octanol–water partition coefficient (Wildman–Crippen LogP) is 4.69. The first-order valence-electron chi connectivity index (χ1n) is 8.26. The maximum Gasteiger partial charge on any atom is 0.328 e. The van der Waals surface area contributed by atoms with Gasteiger partial charge >= 0.3 is 5.97 Å². The molecule has 0 radical (unpaired) electrons. The number of aliphatic hydroxyl groups is 1. The van der Waals surface area contributed by atoms with Gasteiger partial charge in [-0.3, -0.25) is 0 Å². The van der Waals surface area contributed by atoms with Gasteiger partial charge in [0.15, 0.2) is 0 Å². The molecule has 0 fully saturated rings. The van der Waals surface area contributed by atoms with Crippen LogP contribution in [0.5, 0.6) is 0 Å². The van der Waals surface area contributed by atoms with Crippen LogP contribution < -0.4 is 0 Å². The first-order chi connectivity index (χ1) is 9.66. The molecule has 20 heavy (non-hydrogen) atoms. The molecule has 0 aromatic rings. The summed E-state index contributed by atoms with van der Waals surface area (Å²) < 4.78 is 0. The summed E-state index contributed by atoms with van der Waals surface area (Å²) in [6, 6.07) is 0. The van der Waals surface area contributed by atoms with Crippen molar-refractivity contribution in [3.05, 3.63) is 12.2 Å². The van der Waals surface area contributed by atoms with Crippen LogP contribution >= 0.6 is 0 Å². The molecule has 0 heterocycles. The molecule has 0 aromatic heterocycles. The van der Waals surface area contributed by atoms with Gasteiger partial charge in [-0.1, -0.05) is 77.6 Å². The minimum Gasteiger partial charge on any atom is -0.478 e. The second-order valence-corrected chi connectivity index (χ2v) is 5.59. The van der Waals surface area contributed by atoms with Crippen molar-refractivity contribution in [1.82, 2.24) is 0 Å². The normalized spacial score (nSPS) is 12.9. The van der Waals surface area contributed by atoms with Crippen LogP contribution in [0.3, 0.4) is 0 Å². The van der Waals surface area contributed by atoms with Gasteiger partial charge in [-0.25, -0.2) is 4.79 Å². The van der Waals surface area contributed by atoms with Crippen molar-refractivity contribution in [2.24, 2.45) is 0 Å². The van der Waals surface area contributed by atoms with Crippen LogP contribution in [-0.2, 0) is 4.79 Å². The van der Waals surface area contributed by atoms with E-state index < -0.39 is 12.1 Å². The number of carboxylic acid groups (broad SMARTS) is 1. The highest BCUT2D eigenvalue weighted by molar-refractivity contribution is 5.79. The number of unbranched alkanes of at least 4 members (excludes halogenated alkanes) is 10. The smallest absolute Gasteiger partial charge is 0.328 e. The summed E-state index contributed by atoms with van der Waals surface area (Å²) >= 11 is 0. The summed E-state index contributed by atoms with van der Waals surface area (Å²) in [5.41, 5.74) is 0. The van der Waals surface area contributed by atoms with Crippen molar-refractivity contribution >= 4 is 5.97 Å². The van der Waals surface area contributed by atoms with Crippen LogP contribution in [0.15, 0.2) is 12.2 Å². The van der Waals surface area contributed by atoms with E-state index in [0.29, 0.717) is 6.42 Å². The molecule has 0 rings (SSSR count). The number of hydrogen-bond acceptors (Lipinski definition) is 2.